The highest BCUT2D eigenvalue weighted by molar-refractivity contribution is 7.92. The first-order chi connectivity index (χ1) is 19.9. The van der Waals surface area contributed by atoms with Gasteiger partial charge < -0.3 is 19.0 Å². The molecule has 2 heterocycles. The molecule has 0 unspecified atom stereocenters. The molecular formula is C30H33N5O6S. The zero-order chi connectivity index (χ0) is 30.5. The highest BCUT2D eigenvalue weighted by Crippen LogP contribution is 2.41. The third kappa shape index (κ3) is 7.19. The van der Waals surface area contributed by atoms with Crippen molar-refractivity contribution in [1.29, 1.82) is 0 Å². The minimum Gasteiger partial charge on any atom is -0.493 e. The lowest BCUT2D eigenvalue weighted by molar-refractivity contribution is -0.108. The van der Waals surface area contributed by atoms with E-state index in [1.165, 1.54) is 19.2 Å². The lowest BCUT2D eigenvalue weighted by Crippen LogP contribution is -2.17. The number of aryl methyl sites for hydroxylation is 2. The molecule has 12 heteroatoms. The van der Waals surface area contributed by atoms with Gasteiger partial charge in [0, 0.05) is 17.8 Å². The molecule has 1 N–H and O–H groups in total. The number of aldehydes is 1. The fraction of sp³-hybridized carbons (Fsp3) is 0.300. The van der Waals surface area contributed by atoms with Crippen molar-refractivity contribution in [3.63, 3.8) is 0 Å². The van der Waals surface area contributed by atoms with E-state index < -0.39 is 10.0 Å². The van der Waals surface area contributed by atoms with E-state index in [0.29, 0.717) is 23.4 Å². The SMILES string of the molecule is COc1ccccc1Oc1c(NS(=O)(=O)c2ccc(C(C)(C)C)cc2)nc(-c2nc(C)cc(C)n2)nc1OCCC=O. The summed E-state index contributed by atoms with van der Waals surface area (Å²) in [4.78, 5) is 28.9. The summed E-state index contributed by atoms with van der Waals surface area (Å²) in [6, 6.07) is 15.2. The van der Waals surface area contributed by atoms with Crippen LogP contribution in [0.15, 0.2) is 59.5 Å². The molecule has 4 rings (SSSR count). The second kappa shape index (κ2) is 12.5. The summed E-state index contributed by atoms with van der Waals surface area (Å²) in [6.07, 6.45) is 0.759. The van der Waals surface area contributed by atoms with Gasteiger partial charge in [-0.2, -0.15) is 4.98 Å². The number of benzene rings is 2. The lowest BCUT2D eigenvalue weighted by atomic mass is 9.87. The van der Waals surface area contributed by atoms with Gasteiger partial charge in [0.05, 0.1) is 18.6 Å². The number of anilines is 1. The summed E-state index contributed by atoms with van der Waals surface area (Å²) in [6.45, 7) is 9.67. The summed E-state index contributed by atoms with van der Waals surface area (Å²) in [7, 11) is -2.69. The van der Waals surface area contributed by atoms with Crippen molar-refractivity contribution in [2.24, 2.45) is 0 Å². The van der Waals surface area contributed by atoms with Gasteiger partial charge in [0.1, 0.15) is 6.29 Å². The molecule has 0 bridgehead atoms. The Bertz CT molecular complexity index is 1670. The number of aromatic nitrogens is 4. The third-order valence-electron chi connectivity index (χ3n) is 6.03. The van der Waals surface area contributed by atoms with Crippen LogP contribution in [0.2, 0.25) is 0 Å². The van der Waals surface area contributed by atoms with Gasteiger partial charge in [0.2, 0.25) is 11.6 Å². The molecule has 0 aliphatic carbocycles. The summed E-state index contributed by atoms with van der Waals surface area (Å²) in [5.74, 6) is 0.334. The smallest absolute Gasteiger partial charge is 0.263 e. The Labute approximate surface area is 245 Å². The molecule has 0 fully saturated rings. The Kier molecular flexibility index (Phi) is 9.05. The van der Waals surface area contributed by atoms with Crippen molar-refractivity contribution in [2.75, 3.05) is 18.4 Å². The first kappa shape index (κ1) is 30.4. The largest absolute Gasteiger partial charge is 0.493 e. The van der Waals surface area contributed by atoms with Crippen molar-refractivity contribution in [1.82, 2.24) is 19.9 Å². The molecule has 0 aliphatic heterocycles. The van der Waals surface area contributed by atoms with Gasteiger partial charge in [-0.05, 0) is 55.2 Å². The molecule has 0 atom stereocenters. The Morgan fingerprint density at radius 3 is 2.10 bits per heavy atom. The quantitative estimate of drug-likeness (QED) is 0.177. The van der Waals surface area contributed by atoms with Crippen LogP contribution in [-0.4, -0.2) is 48.4 Å². The number of hydrogen-bond donors (Lipinski definition) is 1. The number of nitrogens with zero attached hydrogens (tertiary/aromatic N) is 4. The molecule has 0 saturated heterocycles. The molecule has 0 amide bonds. The molecule has 42 heavy (non-hydrogen) atoms. The predicted octanol–water partition coefficient (Wildman–Crippen LogP) is 5.42. The molecule has 220 valence electrons. The normalized spacial score (nSPS) is 11.6. The fourth-order valence-electron chi connectivity index (χ4n) is 3.95. The Morgan fingerprint density at radius 1 is 0.881 bits per heavy atom. The summed E-state index contributed by atoms with van der Waals surface area (Å²) >= 11 is 0. The second-order valence-electron chi connectivity index (χ2n) is 10.4. The van der Waals surface area contributed by atoms with Crippen molar-refractivity contribution in [3.8, 4) is 34.8 Å². The van der Waals surface area contributed by atoms with Gasteiger partial charge in [0.25, 0.3) is 15.9 Å². The standard InChI is InChI=1S/C30H33N5O6S/c1-19-18-20(2)32-27(31-19)28-33-26(35-42(37,38)22-14-12-21(13-15-22)30(3,4)5)25(29(34-28)40-17-9-16-36)41-24-11-8-7-10-23(24)39-6/h7-8,10-16,18H,9,17H2,1-6H3,(H,33,34,35). The van der Waals surface area contributed by atoms with Crippen molar-refractivity contribution in [3.05, 3.63) is 71.5 Å². The Balaban J connectivity index is 1.89. The topological polar surface area (TPSA) is 142 Å². The van der Waals surface area contributed by atoms with Crippen molar-refractivity contribution >= 4 is 22.1 Å². The number of carbonyl (C=O) groups is 1. The van der Waals surface area contributed by atoms with E-state index in [1.54, 1.807) is 56.3 Å². The highest BCUT2D eigenvalue weighted by Gasteiger charge is 2.26. The number of ether oxygens (including phenoxy) is 3. The number of carbonyl (C=O) groups excluding carboxylic acids is 1. The molecule has 0 aliphatic rings. The number of hydrogen-bond acceptors (Lipinski definition) is 10. The van der Waals surface area contributed by atoms with Crippen LogP contribution in [0.3, 0.4) is 0 Å². The van der Waals surface area contributed by atoms with Gasteiger partial charge in [-0.1, -0.05) is 45.0 Å². The van der Waals surface area contributed by atoms with Gasteiger partial charge in [-0.25, -0.2) is 23.4 Å². The maximum atomic E-state index is 13.6. The highest BCUT2D eigenvalue weighted by atomic mass is 32.2. The van der Waals surface area contributed by atoms with Crippen LogP contribution < -0.4 is 18.9 Å². The van der Waals surface area contributed by atoms with Gasteiger partial charge >= 0.3 is 0 Å². The van der Waals surface area contributed by atoms with Crippen LogP contribution in [0.1, 0.15) is 44.1 Å². The summed E-state index contributed by atoms with van der Waals surface area (Å²) in [5, 5.41) is 0. The maximum absolute atomic E-state index is 13.6. The van der Waals surface area contributed by atoms with Crippen molar-refractivity contribution < 1.29 is 27.4 Å². The third-order valence-corrected chi connectivity index (χ3v) is 7.39. The van der Waals surface area contributed by atoms with Gasteiger partial charge in [0.15, 0.2) is 23.1 Å². The minimum absolute atomic E-state index is 0.00365. The van der Waals surface area contributed by atoms with Gasteiger partial charge in [-0.15, -0.1) is 0 Å². The Hall–Kier alpha value is -4.58. The molecule has 2 aromatic heterocycles. The monoisotopic (exact) mass is 591 g/mol. The Morgan fingerprint density at radius 2 is 1.50 bits per heavy atom. The lowest BCUT2D eigenvalue weighted by Gasteiger charge is -2.20. The van der Waals surface area contributed by atoms with E-state index in [-0.39, 0.29) is 58.2 Å². The molecule has 0 saturated carbocycles. The average Bonchev–Trinajstić information content (AvgIpc) is 2.93. The molecule has 2 aromatic carbocycles. The van der Waals surface area contributed by atoms with Crippen LogP contribution in [-0.2, 0) is 20.2 Å². The zero-order valence-electron chi connectivity index (χ0n) is 24.3. The number of sulfonamides is 1. The first-order valence-corrected chi connectivity index (χ1v) is 14.6. The van der Waals surface area contributed by atoms with Crippen LogP contribution in [0.25, 0.3) is 11.6 Å². The average molecular weight is 592 g/mol. The van der Waals surface area contributed by atoms with Crippen LogP contribution >= 0.6 is 0 Å². The number of nitrogens with one attached hydrogen (secondary N) is 1. The van der Waals surface area contributed by atoms with Gasteiger partial charge in [-0.3, -0.25) is 4.72 Å². The number of rotatable bonds is 11. The second-order valence-corrected chi connectivity index (χ2v) is 12.1. The zero-order valence-corrected chi connectivity index (χ0v) is 25.2. The van der Waals surface area contributed by atoms with Crippen molar-refractivity contribution in [2.45, 2.75) is 51.3 Å². The van der Waals surface area contributed by atoms with E-state index in [9.17, 15) is 13.2 Å². The fourth-order valence-corrected chi connectivity index (χ4v) is 4.96. The first-order valence-electron chi connectivity index (χ1n) is 13.2. The van der Waals surface area contributed by atoms with Crippen LogP contribution in [0.5, 0.6) is 23.1 Å². The van der Waals surface area contributed by atoms with Crippen LogP contribution in [0.4, 0.5) is 5.82 Å². The van der Waals surface area contributed by atoms with E-state index in [4.69, 9.17) is 14.2 Å². The van der Waals surface area contributed by atoms with E-state index in [1.807, 2.05) is 20.8 Å². The predicted molar refractivity (Wildman–Crippen MR) is 158 cm³/mol. The summed E-state index contributed by atoms with van der Waals surface area (Å²) < 4.78 is 47.2. The molecular weight excluding hydrogens is 558 g/mol. The molecule has 0 radical (unpaired) electrons. The van der Waals surface area contributed by atoms with Crippen LogP contribution in [0, 0.1) is 13.8 Å². The summed E-state index contributed by atoms with van der Waals surface area (Å²) in [5.41, 5.74) is 2.15. The molecule has 4 aromatic rings. The van der Waals surface area contributed by atoms with E-state index in [2.05, 4.69) is 24.7 Å². The minimum atomic E-state index is -4.17. The maximum Gasteiger partial charge on any atom is 0.263 e. The number of para-hydroxylation sites is 2. The number of methoxy groups -OCH3 is 1. The molecule has 11 nitrogen and oxygen atoms in total. The van der Waals surface area contributed by atoms with E-state index >= 15 is 0 Å². The molecule has 0 spiro atoms. The van der Waals surface area contributed by atoms with E-state index in [0.717, 1.165) is 5.56 Å².